The molecule has 0 spiro atoms. The van der Waals surface area contributed by atoms with Crippen LogP contribution in [-0.2, 0) is 25.3 Å². The second-order valence-corrected chi connectivity index (χ2v) is 1.52. The Labute approximate surface area is 42.3 Å². The Hall–Kier alpha value is 0.110. The molecular weight excluding hydrogens is 102 g/mol. The molecule has 0 unspecified atom stereocenters. The van der Waals surface area contributed by atoms with Gasteiger partial charge in [0.25, 0.3) is 0 Å². The third kappa shape index (κ3) is 4.11. The molecule has 0 N–H and O–H groups in total. The predicted molar refractivity (Wildman–Crippen MR) is 28.1 cm³/mol. The number of nitrogens with zero attached hydrogens (tertiary/aromatic N) is 1. The Bertz CT molecular complexity index is 45.6. The lowest BCUT2D eigenvalue weighted by atomic mass is 11.4. The highest BCUT2D eigenvalue weighted by Crippen LogP contribution is 1.58. The van der Waals surface area contributed by atoms with E-state index in [1.165, 1.54) is 0 Å². The smallest absolute Gasteiger partial charge is 0.0234 e. The average molecular weight is 105 g/mol. The predicted octanol–water partition coefficient (Wildman–Crippen LogP) is 0.0660. The van der Waals surface area contributed by atoms with E-state index in [2.05, 4.69) is 30.2 Å². The first kappa shape index (κ1) is 5.11. The number of rotatable bonds is 0. The van der Waals surface area contributed by atoms with Crippen LogP contribution in [0, 0.1) is 0 Å². The number of hydrogen-bond acceptors (Lipinski definition) is 3. The molecule has 30 valence electrons. The maximum Gasteiger partial charge on any atom is 0.0234 e. The molecule has 0 heterocycles. The SMILES string of the molecule is CN=C([S-])[S-]. The maximum atomic E-state index is 4.34. The molecule has 0 aromatic heterocycles. The van der Waals surface area contributed by atoms with Gasteiger partial charge in [-0.05, 0) is 0 Å². The summed E-state index contributed by atoms with van der Waals surface area (Å²) in [4.78, 5) is 3.44. The summed E-state index contributed by atoms with van der Waals surface area (Å²) >= 11 is 8.69. The van der Waals surface area contributed by atoms with Crippen LogP contribution >= 0.6 is 0 Å². The van der Waals surface area contributed by atoms with E-state index in [0.29, 0.717) is 4.38 Å². The highest BCUT2D eigenvalue weighted by atomic mass is 32.2. The molecule has 0 aliphatic heterocycles. The average Bonchev–Trinajstić information content (AvgIpc) is 1.38. The fraction of sp³-hybridized carbons (Fsp3) is 0.500. The van der Waals surface area contributed by atoms with Gasteiger partial charge in [0.1, 0.15) is 0 Å². The van der Waals surface area contributed by atoms with Crippen LogP contribution in [0.5, 0.6) is 0 Å². The van der Waals surface area contributed by atoms with Crippen molar-refractivity contribution < 1.29 is 0 Å². The van der Waals surface area contributed by atoms with Gasteiger partial charge in [0.15, 0.2) is 0 Å². The fourth-order valence-corrected chi connectivity index (χ4v) is 0. The van der Waals surface area contributed by atoms with E-state index in [0.717, 1.165) is 0 Å². The summed E-state index contributed by atoms with van der Waals surface area (Å²) < 4.78 is 0.296. The molecule has 0 aliphatic rings. The van der Waals surface area contributed by atoms with Crippen molar-refractivity contribution in [3.8, 4) is 0 Å². The van der Waals surface area contributed by atoms with Crippen molar-refractivity contribution in [1.29, 1.82) is 0 Å². The first-order chi connectivity index (χ1) is 2.27. The molecule has 0 radical (unpaired) electrons. The Kier molecular flexibility index (Phi) is 2.41. The van der Waals surface area contributed by atoms with E-state index in [-0.39, 0.29) is 0 Å². The summed E-state index contributed by atoms with van der Waals surface area (Å²) in [6.45, 7) is 0. The van der Waals surface area contributed by atoms with Gasteiger partial charge in [-0.25, -0.2) is 4.38 Å². The normalized spacial score (nSPS) is 6.60. The first-order valence-corrected chi connectivity index (χ1v) is 1.90. The number of hydrogen-bond donors (Lipinski definition) is 0. The van der Waals surface area contributed by atoms with Gasteiger partial charge in [0.05, 0.1) is 0 Å². The largest absolute Gasteiger partial charge is 0.789 e. The molecule has 0 fully saturated rings. The van der Waals surface area contributed by atoms with Gasteiger partial charge in [-0.15, -0.1) is 0 Å². The lowest BCUT2D eigenvalue weighted by molar-refractivity contribution is 1.48. The van der Waals surface area contributed by atoms with Crippen molar-refractivity contribution in [1.82, 2.24) is 0 Å². The van der Waals surface area contributed by atoms with E-state index in [4.69, 9.17) is 0 Å². The monoisotopic (exact) mass is 105 g/mol. The molecule has 3 heteroatoms. The highest BCUT2D eigenvalue weighted by molar-refractivity contribution is 8.05. The third-order valence-electron chi connectivity index (χ3n) is 0.183. The van der Waals surface area contributed by atoms with E-state index >= 15 is 0 Å². The van der Waals surface area contributed by atoms with Crippen LogP contribution < -0.4 is 0 Å². The van der Waals surface area contributed by atoms with Gasteiger partial charge in [-0.3, -0.25) is 0 Å². The summed E-state index contributed by atoms with van der Waals surface area (Å²) in [5.41, 5.74) is 0. The Morgan fingerprint density at radius 2 is 1.80 bits per heavy atom. The molecule has 0 rings (SSSR count). The first-order valence-electron chi connectivity index (χ1n) is 1.08. The Balaban J connectivity index is 3.14. The van der Waals surface area contributed by atoms with Crippen LogP contribution in [0.3, 0.4) is 0 Å². The molecule has 1 nitrogen and oxygen atoms in total. The summed E-state index contributed by atoms with van der Waals surface area (Å²) in [6.07, 6.45) is 0. The van der Waals surface area contributed by atoms with Crippen LogP contribution in [-0.4, -0.2) is 11.4 Å². The van der Waals surface area contributed by atoms with Crippen LogP contribution in [0.25, 0.3) is 0 Å². The molecule has 0 saturated carbocycles. The standard InChI is InChI=1S/C2H5NS2/c1-3-2(4)5/h1H3,(H2,3,4,5)/p-2. The number of aliphatic imine (C=N–C) groups is 1. The zero-order valence-corrected chi connectivity index (χ0v) is 4.40. The van der Waals surface area contributed by atoms with Crippen LogP contribution in [0.1, 0.15) is 0 Å². The van der Waals surface area contributed by atoms with Crippen molar-refractivity contribution in [3.05, 3.63) is 0 Å². The van der Waals surface area contributed by atoms with E-state index in [9.17, 15) is 0 Å². The maximum absolute atomic E-state index is 4.34. The van der Waals surface area contributed by atoms with Crippen LogP contribution in [0.15, 0.2) is 4.99 Å². The van der Waals surface area contributed by atoms with E-state index < -0.39 is 0 Å². The minimum Gasteiger partial charge on any atom is -0.789 e. The topological polar surface area (TPSA) is 12.4 Å². The Morgan fingerprint density at radius 3 is 1.80 bits per heavy atom. The zero-order valence-electron chi connectivity index (χ0n) is 2.76. The Morgan fingerprint density at radius 1 is 1.60 bits per heavy atom. The van der Waals surface area contributed by atoms with E-state index in [1.54, 1.807) is 7.05 Å². The van der Waals surface area contributed by atoms with E-state index in [1.807, 2.05) is 0 Å². The molecular formula is C2H3NS2-2. The van der Waals surface area contributed by atoms with Gasteiger partial charge in [-0.2, -0.15) is 0 Å². The molecule has 0 bridgehead atoms. The summed E-state index contributed by atoms with van der Waals surface area (Å²) in [5.74, 6) is 0. The van der Waals surface area contributed by atoms with Crippen molar-refractivity contribution in [2.45, 2.75) is 0 Å². The molecule has 0 saturated heterocycles. The molecule has 0 atom stereocenters. The van der Waals surface area contributed by atoms with Gasteiger partial charge < -0.3 is 30.2 Å². The molecule has 0 aliphatic carbocycles. The van der Waals surface area contributed by atoms with Crippen LogP contribution in [0.2, 0.25) is 0 Å². The molecule has 0 amide bonds. The van der Waals surface area contributed by atoms with Crippen LogP contribution in [0.4, 0.5) is 0 Å². The highest BCUT2D eigenvalue weighted by Gasteiger charge is 1.30. The van der Waals surface area contributed by atoms with Gasteiger partial charge in [-0.1, -0.05) is 0 Å². The summed E-state index contributed by atoms with van der Waals surface area (Å²) in [7, 11) is 1.58. The lowest BCUT2D eigenvalue weighted by Crippen LogP contribution is -1.78. The second kappa shape index (κ2) is 2.35. The summed E-state index contributed by atoms with van der Waals surface area (Å²) in [6, 6.07) is 0. The molecule has 0 aromatic rings. The summed E-state index contributed by atoms with van der Waals surface area (Å²) in [5, 5.41) is 0. The van der Waals surface area contributed by atoms with Crippen molar-refractivity contribution in [3.63, 3.8) is 0 Å². The zero-order chi connectivity index (χ0) is 4.28. The van der Waals surface area contributed by atoms with Gasteiger partial charge in [0, 0.05) is 7.05 Å². The second-order valence-electron chi connectivity index (χ2n) is 0.490. The third-order valence-corrected chi connectivity index (χ3v) is 0.548. The minimum absolute atomic E-state index is 0.296. The van der Waals surface area contributed by atoms with Crippen molar-refractivity contribution in [2.75, 3.05) is 7.05 Å². The minimum atomic E-state index is 0.296. The fourth-order valence-electron chi connectivity index (χ4n) is 0. The van der Waals surface area contributed by atoms with Crippen molar-refractivity contribution in [2.24, 2.45) is 4.99 Å². The lowest BCUT2D eigenvalue weighted by Gasteiger charge is -2.12. The van der Waals surface area contributed by atoms with Gasteiger partial charge in [0.2, 0.25) is 0 Å². The molecule has 5 heavy (non-hydrogen) atoms. The quantitative estimate of drug-likeness (QED) is 0.245. The van der Waals surface area contributed by atoms with Crippen molar-refractivity contribution >= 4 is 29.6 Å². The van der Waals surface area contributed by atoms with Gasteiger partial charge >= 0.3 is 0 Å². The molecule has 0 aromatic carbocycles.